The molecular weight excluding hydrogens is 515 g/mol. The summed E-state index contributed by atoms with van der Waals surface area (Å²) in [5.74, 6) is 2.40. The van der Waals surface area contributed by atoms with Crippen LogP contribution in [0.4, 0.5) is 0 Å². The topological polar surface area (TPSA) is 57.2 Å². The van der Waals surface area contributed by atoms with Gasteiger partial charge < -0.3 is 19.9 Å². The molecule has 0 radical (unpaired) electrons. The summed E-state index contributed by atoms with van der Waals surface area (Å²) in [4.78, 5) is 21.0. The average molecular weight is 550 g/mol. The Bertz CT molecular complexity index is 899. The number of halogens is 1. The van der Waals surface area contributed by atoms with Gasteiger partial charge in [-0.05, 0) is 55.2 Å². The summed E-state index contributed by atoms with van der Waals surface area (Å²) in [5.41, 5.74) is 3.20. The van der Waals surface area contributed by atoms with Crippen molar-refractivity contribution in [1.29, 1.82) is 0 Å². The molecule has 1 heterocycles. The van der Waals surface area contributed by atoms with E-state index in [9.17, 15) is 4.79 Å². The Morgan fingerprint density at radius 2 is 1.97 bits per heavy atom. The number of guanidine groups is 1. The van der Waals surface area contributed by atoms with Crippen molar-refractivity contribution in [3.8, 4) is 5.75 Å². The average Bonchev–Trinajstić information content (AvgIpc) is 3.28. The van der Waals surface area contributed by atoms with Gasteiger partial charge in [-0.3, -0.25) is 9.79 Å². The van der Waals surface area contributed by atoms with E-state index in [-0.39, 0.29) is 29.9 Å². The number of amides is 1. The van der Waals surface area contributed by atoms with E-state index in [1.807, 2.05) is 30.3 Å². The molecule has 0 aromatic heterocycles. The van der Waals surface area contributed by atoms with Gasteiger partial charge in [0.2, 0.25) is 0 Å². The number of hydrogen-bond donors (Lipinski definition) is 1. The third-order valence-electron chi connectivity index (χ3n) is 5.65. The number of hydrogen-bond acceptors (Lipinski definition) is 3. The van der Waals surface area contributed by atoms with Gasteiger partial charge in [0.05, 0.1) is 7.11 Å². The van der Waals surface area contributed by atoms with Gasteiger partial charge in [-0.25, -0.2) is 0 Å². The highest BCUT2D eigenvalue weighted by atomic mass is 127. The number of nitrogens with one attached hydrogen (secondary N) is 1. The lowest BCUT2D eigenvalue weighted by Gasteiger charge is -2.22. The molecule has 1 atom stereocenters. The van der Waals surface area contributed by atoms with E-state index >= 15 is 0 Å². The number of benzene rings is 2. The van der Waals surface area contributed by atoms with Gasteiger partial charge in [-0.15, -0.1) is 24.0 Å². The maximum absolute atomic E-state index is 12.2. The van der Waals surface area contributed by atoms with Crippen LogP contribution in [-0.2, 0) is 6.42 Å². The van der Waals surface area contributed by atoms with Crippen LogP contribution in [0.5, 0.6) is 5.75 Å². The van der Waals surface area contributed by atoms with Crippen molar-refractivity contribution in [2.75, 3.05) is 47.4 Å². The van der Waals surface area contributed by atoms with Crippen molar-refractivity contribution >= 4 is 35.8 Å². The van der Waals surface area contributed by atoms with E-state index in [0.717, 1.165) is 55.3 Å². The zero-order chi connectivity index (χ0) is 22.2. The second-order valence-corrected chi connectivity index (χ2v) is 8.09. The van der Waals surface area contributed by atoms with Crippen LogP contribution >= 0.6 is 24.0 Å². The normalized spacial score (nSPS) is 15.8. The second-order valence-electron chi connectivity index (χ2n) is 8.09. The lowest BCUT2D eigenvalue weighted by Crippen LogP contribution is -2.40. The number of carbonyl (C=O) groups excluding carboxylic acids is 1. The van der Waals surface area contributed by atoms with Crippen molar-refractivity contribution < 1.29 is 9.53 Å². The number of likely N-dealkylation sites (tertiary alicyclic amines) is 1. The molecule has 1 unspecified atom stereocenters. The predicted octanol–water partition coefficient (Wildman–Crippen LogP) is 4.01. The van der Waals surface area contributed by atoms with Gasteiger partial charge in [0, 0.05) is 51.8 Å². The van der Waals surface area contributed by atoms with Gasteiger partial charge in [-0.2, -0.15) is 0 Å². The Morgan fingerprint density at radius 1 is 1.22 bits per heavy atom. The Hall–Kier alpha value is -2.29. The molecule has 3 rings (SSSR count). The number of nitrogens with zero attached hydrogens (tertiary/aromatic N) is 3. The largest absolute Gasteiger partial charge is 0.497 e. The first-order valence-corrected chi connectivity index (χ1v) is 11.0. The highest BCUT2D eigenvalue weighted by Crippen LogP contribution is 2.28. The Kier molecular flexibility index (Phi) is 10.3. The minimum absolute atomic E-state index is 0. The molecule has 0 spiro atoms. The summed E-state index contributed by atoms with van der Waals surface area (Å²) in [5, 5.41) is 3.44. The fourth-order valence-corrected chi connectivity index (χ4v) is 3.94. The number of methoxy groups -OCH3 is 1. The predicted molar refractivity (Wildman–Crippen MR) is 141 cm³/mol. The summed E-state index contributed by atoms with van der Waals surface area (Å²) in [6.07, 6.45) is 1.92. The molecule has 2 aromatic rings. The Balaban J connectivity index is 0.00000363. The van der Waals surface area contributed by atoms with E-state index in [2.05, 4.69) is 35.3 Å². The summed E-state index contributed by atoms with van der Waals surface area (Å²) in [7, 11) is 5.25. The summed E-state index contributed by atoms with van der Waals surface area (Å²) >= 11 is 0. The van der Waals surface area contributed by atoms with Gasteiger partial charge in [0.1, 0.15) is 5.75 Å². The molecule has 1 amide bonds. The lowest BCUT2D eigenvalue weighted by atomic mass is 9.98. The fourth-order valence-electron chi connectivity index (χ4n) is 3.94. The SMILES string of the molecule is CCNC(=NCCc1cccc(C(=O)N(C)C)c1)N1CCC(c2ccc(OC)cc2)C1.I. The van der Waals surface area contributed by atoms with E-state index in [1.54, 1.807) is 26.1 Å². The number of ether oxygens (including phenoxy) is 1. The van der Waals surface area contributed by atoms with Crippen LogP contribution in [0.1, 0.15) is 40.7 Å². The molecule has 2 aromatic carbocycles. The summed E-state index contributed by atoms with van der Waals surface area (Å²) in [6, 6.07) is 16.2. The smallest absolute Gasteiger partial charge is 0.253 e. The molecule has 0 aliphatic carbocycles. The number of aliphatic imine (C=N–C) groups is 1. The van der Waals surface area contributed by atoms with E-state index in [4.69, 9.17) is 9.73 Å². The molecule has 32 heavy (non-hydrogen) atoms. The highest BCUT2D eigenvalue weighted by molar-refractivity contribution is 14.0. The van der Waals surface area contributed by atoms with Crippen LogP contribution in [0.15, 0.2) is 53.5 Å². The quantitative estimate of drug-likeness (QED) is 0.322. The van der Waals surface area contributed by atoms with Crippen molar-refractivity contribution in [3.63, 3.8) is 0 Å². The minimum Gasteiger partial charge on any atom is -0.497 e. The molecule has 0 bridgehead atoms. The summed E-state index contributed by atoms with van der Waals surface area (Å²) < 4.78 is 5.28. The maximum Gasteiger partial charge on any atom is 0.253 e. The van der Waals surface area contributed by atoms with Gasteiger partial charge in [0.25, 0.3) is 5.91 Å². The third-order valence-corrected chi connectivity index (χ3v) is 5.65. The molecule has 174 valence electrons. The summed E-state index contributed by atoms with van der Waals surface area (Å²) in [6.45, 7) is 5.59. The van der Waals surface area contributed by atoms with Crippen molar-refractivity contribution in [3.05, 3.63) is 65.2 Å². The van der Waals surface area contributed by atoms with Crippen LogP contribution in [0.2, 0.25) is 0 Å². The first-order chi connectivity index (χ1) is 15.0. The Morgan fingerprint density at radius 3 is 2.62 bits per heavy atom. The number of rotatable bonds is 7. The Labute approximate surface area is 209 Å². The van der Waals surface area contributed by atoms with E-state index in [0.29, 0.717) is 12.5 Å². The third kappa shape index (κ3) is 6.85. The maximum atomic E-state index is 12.2. The minimum atomic E-state index is 0. The van der Waals surface area contributed by atoms with Crippen molar-refractivity contribution in [1.82, 2.24) is 15.1 Å². The van der Waals surface area contributed by atoms with Gasteiger partial charge >= 0.3 is 0 Å². The van der Waals surface area contributed by atoms with Crippen LogP contribution in [-0.4, -0.2) is 69.1 Å². The van der Waals surface area contributed by atoms with Crippen LogP contribution < -0.4 is 10.1 Å². The first kappa shape index (κ1) is 26.0. The number of carbonyl (C=O) groups is 1. The fraction of sp³-hybridized carbons (Fsp3) is 0.440. The zero-order valence-corrected chi connectivity index (χ0v) is 21.8. The standard InChI is InChI=1S/C25H34N4O2.HI/c1-5-26-25(27-15-13-19-7-6-8-21(17-19)24(30)28(2)3)29-16-14-22(18-29)20-9-11-23(31-4)12-10-20;/h6-12,17,22H,5,13-16,18H2,1-4H3,(H,26,27);1H. The molecule has 1 saturated heterocycles. The van der Waals surface area contributed by atoms with Crippen molar-refractivity contribution in [2.24, 2.45) is 4.99 Å². The molecule has 1 aliphatic rings. The van der Waals surface area contributed by atoms with Crippen LogP contribution in [0.3, 0.4) is 0 Å². The monoisotopic (exact) mass is 550 g/mol. The molecule has 0 saturated carbocycles. The molecular formula is C25H35IN4O2. The zero-order valence-electron chi connectivity index (χ0n) is 19.5. The van der Waals surface area contributed by atoms with Gasteiger partial charge in [-0.1, -0.05) is 24.3 Å². The van der Waals surface area contributed by atoms with E-state index in [1.165, 1.54) is 5.56 Å². The first-order valence-electron chi connectivity index (χ1n) is 11.0. The van der Waals surface area contributed by atoms with Crippen LogP contribution in [0, 0.1) is 0 Å². The van der Waals surface area contributed by atoms with E-state index < -0.39 is 0 Å². The second kappa shape index (κ2) is 12.7. The molecule has 7 heteroatoms. The molecule has 1 fully saturated rings. The molecule has 6 nitrogen and oxygen atoms in total. The highest BCUT2D eigenvalue weighted by Gasteiger charge is 2.26. The van der Waals surface area contributed by atoms with Crippen molar-refractivity contribution in [2.45, 2.75) is 25.7 Å². The van der Waals surface area contributed by atoms with Gasteiger partial charge in [0.15, 0.2) is 5.96 Å². The molecule has 1 N–H and O–H groups in total. The van der Waals surface area contributed by atoms with Crippen LogP contribution in [0.25, 0.3) is 0 Å². The lowest BCUT2D eigenvalue weighted by molar-refractivity contribution is 0.0827. The molecule has 1 aliphatic heterocycles.